The standard InChI is InChI=1S/C17H20N2O2S/c1-2-12-6-3-4-10-19(12)17(21)13-8-9-14(18-16(13)20)15-7-5-11-22-15/h5,7-9,11-12H,2-4,6,10H2,1H3,(H,18,20)/t12-/m0/s1. The monoisotopic (exact) mass is 316 g/mol. The van der Waals surface area contributed by atoms with Crippen LogP contribution in [0.15, 0.2) is 34.4 Å². The number of H-pyrrole nitrogens is 1. The zero-order valence-corrected chi connectivity index (χ0v) is 13.5. The number of piperidine rings is 1. The summed E-state index contributed by atoms with van der Waals surface area (Å²) in [6.45, 7) is 2.85. The van der Waals surface area contributed by atoms with Crippen LogP contribution in [0.1, 0.15) is 43.0 Å². The Hall–Kier alpha value is -1.88. The minimum atomic E-state index is -0.295. The number of carbonyl (C=O) groups is 1. The summed E-state index contributed by atoms with van der Waals surface area (Å²) >= 11 is 1.57. The Balaban J connectivity index is 1.88. The summed E-state index contributed by atoms with van der Waals surface area (Å²) in [6.07, 6.45) is 4.16. The second kappa shape index (κ2) is 6.48. The van der Waals surface area contributed by atoms with E-state index < -0.39 is 0 Å². The van der Waals surface area contributed by atoms with Gasteiger partial charge in [0, 0.05) is 12.6 Å². The van der Waals surface area contributed by atoms with E-state index >= 15 is 0 Å². The molecule has 3 rings (SSSR count). The molecular formula is C17H20N2O2S. The topological polar surface area (TPSA) is 53.2 Å². The van der Waals surface area contributed by atoms with Gasteiger partial charge >= 0.3 is 0 Å². The van der Waals surface area contributed by atoms with Gasteiger partial charge in [0.2, 0.25) is 0 Å². The molecular weight excluding hydrogens is 296 g/mol. The molecule has 0 aliphatic carbocycles. The van der Waals surface area contributed by atoms with Crippen LogP contribution in [0, 0.1) is 0 Å². The van der Waals surface area contributed by atoms with E-state index in [2.05, 4.69) is 11.9 Å². The molecule has 0 aromatic carbocycles. The number of aromatic amines is 1. The van der Waals surface area contributed by atoms with Crippen LogP contribution in [0.2, 0.25) is 0 Å². The average molecular weight is 316 g/mol. The summed E-state index contributed by atoms with van der Waals surface area (Å²) in [6, 6.07) is 7.65. The number of hydrogen-bond acceptors (Lipinski definition) is 3. The van der Waals surface area contributed by atoms with Gasteiger partial charge in [-0.3, -0.25) is 9.59 Å². The highest BCUT2D eigenvalue weighted by molar-refractivity contribution is 7.13. The maximum absolute atomic E-state index is 12.7. The maximum Gasteiger partial charge on any atom is 0.261 e. The predicted molar refractivity (Wildman–Crippen MR) is 89.3 cm³/mol. The van der Waals surface area contributed by atoms with Crippen molar-refractivity contribution in [2.24, 2.45) is 0 Å². The van der Waals surface area contributed by atoms with E-state index in [0.29, 0.717) is 0 Å². The van der Waals surface area contributed by atoms with E-state index in [-0.39, 0.29) is 23.1 Å². The van der Waals surface area contributed by atoms with Gasteiger partial charge < -0.3 is 9.88 Å². The Morgan fingerprint density at radius 2 is 2.23 bits per heavy atom. The van der Waals surface area contributed by atoms with Crippen LogP contribution in [-0.4, -0.2) is 28.4 Å². The highest BCUT2D eigenvalue weighted by Gasteiger charge is 2.27. The maximum atomic E-state index is 12.7. The van der Waals surface area contributed by atoms with Crippen molar-refractivity contribution in [1.82, 2.24) is 9.88 Å². The van der Waals surface area contributed by atoms with Crippen LogP contribution < -0.4 is 5.56 Å². The first-order chi connectivity index (χ1) is 10.7. The smallest absolute Gasteiger partial charge is 0.261 e. The van der Waals surface area contributed by atoms with Gasteiger partial charge in [0.1, 0.15) is 5.56 Å². The molecule has 22 heavy (non-hydrogen) atoms. The van der Waals surface area contributed by atoms with Gasteiger partial charge in [-0.1, -0.05) is 13.0 Å². The van der Waals surface area contributed by atoms with Crippen molar-refractivity contribution in [3.05, 3.63) is 45.6 Å². The van der Waals surface area contributed by atoms with E-state index in [1.54, 1.807) is 17.4 Å². The number of thiophene rings is 1. The van der Waals surface area contributed by atoms with Crippen LogP contribution in [-0.2, 0) is 0 Å². The highest BCUT2D eigenvalue weighted by atomic mass is 32.1. The van der Waals surface area contributed by atoms with Gasteiger partial charge in [-0.05, 0) is 49.3 Å². The number of nitrogens with zero attached hydrogens (tertiary/aromatic N) is 1. The summed E-state index contributed by atoms with van der Waals surface area (Å²) < 4.78 is 0. The first-order valence-electron chi connectivity index (χ1n) is 7.79. The van der Waals surface area contributed by atoms with E-state index in [4.69, 9.17) is 0 Å². The third kappa shape index (κ3) is 2.86. The summed E-state index contributed by atoms with van der Waals surface area (Å²) in [5.41, 5.74) is 0.721. The molecule has 1 amide bonds. The lowest BCUT2D eigenvalue weighted by molar-refractivity contribution is 0.0606. The molecule has 2 aromatic heterocycles. The molecule has 0 unspecified atom stereocenters. The van der Waals surface area contributed by atoms with Crippen molar-refractivity contribution in [2.45, 2.75) is 38.6 Å². The number of amides is 1. The fourth-order valence-corrected chi connectivity index (χ4v) is 3.77. The van der Waals surface area contributed by atoms with Gasteiger partial charge in [0.25, 0.3) is 11.5 Å². The normalized spacial score (nSPS) is 18.4. The van der Waals surface area contributed by atoms with Gasteiger partial charge in [0.15, 0.2) is 0 Å². The second-order valence-electron chi connectivity index (χ2n) is 5.65. The Labute approximate surface area is 133 Å². The fourth-order valence-electron chi connectivity index (χ4n) is 3.06. The van der Waals surface area contributed by atoms with Gasteiger partial charge in [0.05, 0.1) is 10.6 Å². The zero-order chi connectivity index (χ0) is 15.5. The number of nitrogens with one attached hydrogen (secondary N) is 1. The molecule has 0 bridgehead atoms. The molecule has 1 aliphatic heterocycles. The van der Waals surface area contributed by atoms with Crippen LogP contribution >= 0.6 is 11.3 Å². The lowest BCUT2D eigenvalue weighted by Crippen LogP contribution is -2.45. The molecule has 1 saturated heterocycles. The zero-order valence-electron chi connectivity index (χ0n) is 12.7. The molecule has 3 heterocycles. The molecule has 2 aromatic rings. The average Bonchev–Trinajstić information content (AvgIpc) is 3.08. The SMILES string of the molecule is CC[C@H]1CCCCN1C(=O)c1ccc(-c2cccs2)[nH]c1=O. The van der Waals surface area contributed by atoms with Crippen molar-refractivity contribution < 1.29 is 4.79 Å². The molecule has 1 fully saturated rings. The molecule has 1 N–H and O–H groups in total. The number of likely N-dealkylation sites (tertiary alicyclic amines) is 1. The summed E-state index contributed by atoms with van der Waals surface area (Å²) in [5, 5.41) is 1.96. The van der Waals surface area contributed by atoms with E-state index in [1.165, 1.54) is 0 Å². The summed E-state index contributed by atoms with van der Waals surface area (Å²) in [5.74, 6) is -0.134. The van der Waals surface area contributed by atoms with E-state index in [9.17, 15) is 9.59 Å². The van der Waals surface area contributed by atoms with Crippen molar-refractivity contribution in [2.75, 3.05) is 6.54 Å². The fraction of sp³-hybridized carbons (Fsp3) is 0.412. The molecule has 0 spiro atoms. The number of hydrogen-bond donors (Lipinski definition) is 1. The van der Waals surface area contributed by atoms with Crippen LogP contribution in [0.5, 0.6) is 0 Å². The number of rotatable bonds is 3. The second-order valence-corrected chi connectivity index (χ2v) is 6.60. The Kier molecular flexibility index (Phi) is 4.43. The number of aromatic nitrogens is 1. The third-order valence-electron chi connectivity index (χ3n) is 4.29. The van der Waals surface area contributed by atoms with E-state index in [0.717, 1.165) is 42.8 Å². The first-order valence-corrected chi connectivity index (χ1v) is 8.67. The molecule has 1 atom stereocenters. The Bertz CT molecular complexity index is 706. The van der Waals surface area contributed by atoms with Crippen LogP contribution in [0.25, 0.3) is 10.6 Å². The minimum absolute atomic E-state index is 0.134. The molecule has 116 valence electrons. The number of pyridine rings is 1. The largest absolute Gasteiger partial charge is 0.336 e. The van der Waals surface area contributed by atoms with Crippen LogP contribution in [0.4, 0.5) is 0 Å². The number of carbonyl (C=O) groups excluding carboxylic acids is 1. The first kappa shape index (κ1) is 15.0. The van der Waals surface area contributed by atoms with Crippen LogP contribution in [0.3, 0.4) is 0 Å². The Morgan fingerprint density at radius 3 is 2.91 bits per heavy atom. The lowest BCUT2D eigenvalue weighted by Gasteiger charge is -2.35. The Morgan fingerprint density at radius 1 is 1.36 bits per heavy atom. The molecule has 5 heteroatoms. The van der Waals surface area contributed by atoms with Crippen molar-refractivity contribution >= 4 is 17.2 Å². The van der Waals surface area contributed by atoms with E-state index in [1.807, 2.05) is 28.5 Å². The van der Waals surface area contributed by atoms with Crippen molar-refractivity contribution in [3.8, 4) is 10.6 Å². The lowest BCUT2D eigenvalue weighted by atomic mass is 9.99. The summed E-state index contributed by atoms with van der Waals surface area (Å²) in [4.78, 5) is 30.7. The van der Waals surface area contributed by atoms with Gasteiger partial charge in [-0.25, -0.2) is 0 Å². The van der Waals surface area contributed by atoms with Crippen molar-refractivity contribution in [3.63, 3.8) is 0 Å². The molecule has 1 aliphatic rings. The minimum Gasteiger partial charge on any atom is -0.336 e. The molecule has 0 radical (unpaired) electrons. The third-order valence-corrected chi connectivity index (χ3v) is 5.19. The molecule has 0 saturated carbocycles. The molecule has 4 nitrogen and oxygen atoms in total. The highest BCUT2D eigenvalue weighted by Crippen LogP contribution is 2.23. The predicted octanol–water partition coefficient (Wildman–Crippen LogP) is 3.51. The van der Waals surface area contributed by atoms with Gasteiger partial charge in [-0.2, -0.15) is 0 Å². The quantitative estimate of drug-likeness (QED) is 0.942. The van der Waals surface area contributed by atoms with Crippen molar-refractivity contribution in [1.29, 1.82) is 0 Å². The summed E-state index contributed by atoms with van der Waals surface area (Å²) in [7, 11) is 0. The van der Waals surface area contributed by atoms with Gasteiger partial charge in [-0.15, -0.1) is 11.3 Å².